The molecule has 0 spiro atoms. The van der Waals surface area contributed by atoms with Crippen molar-refractivity contribution >= 4 is 10.8 Å². The smallest absolute Gasteiger partial charge is 0.0571 e. The Labute approximate surface area is 69.1 Å². The summed E-state index contributed by atoms with van der Waals surface area (Å²) in [5, 5.41) is 0. The van der Waals surface area contributed by atoms with Gasteiger partial charge in [-0.1, -0.05) is 0 Å². The molecule has 0 radical (unpaired) electrons. The van der Waals surface area contributed by atoms with Gasteiger partial charge in [-0.15, -0.1) is 0 Å². The van der Waals surface area contributed by atoms with E-state index in [-0.39, 0.29) is 0 Å². The fourth-order valence-electron chi connectivity index (χ4n) is 0.775. The van der Waals surface area contributed by atoms with Crippen LogP contribution in [-0.4, -0.2) is 15.4 Å². The number of aromatic nitrogens is 1. The maximum atomic E-state index is 11.0. The van der Waals surface area contributed by atoms with Crippen LogP contribution in [0.1, 0.15) is 11.3 Å². The molecule has 0 aromatic carbocycles. The lowest BCUT2D eigenvalue weighted by atomic mass is 10.2. The van der Waals surface area contributed by atoms with E-state index >= 15 is 0 Å². The Morgan fingerprint density at radius 2 is 2.09 bits per heavy atom. The van der Waals surface area contributed by atoms with Crippen molar-refractivity contribution in [2.45, 2.75) is 18.7 Å². The first-order valence-corrected chi connectivity index (χ1v) is 4.93. The van der Waals surface area contributed by atoms with Crippen molar-refractivity contribution in [1.29, 1.82) is 0 Å². The normalized spacial score (nSPS) is 13.0. The Balaban J connectivity index is 3.15. The van der Waals surface area contributed by atoms with Crippen LogP contribution in [-0.2, 0) is 10.8 Å². The summed E-state index contributed by atoms with van der Waals surface area (Å²) in [5.41, 5.74) is 2.09. The van der Waals surface area contributed by atoms with Gasteiger partial charge in [0.2, 0.25) is 0 Å². The summed E-state index contributed by atoms with van der Waals surface area (Å²) >= 11 is 0. The van der Waals surface area contributed by atoms with Crippen molar-refractivity contribution in [1.82, 2.24) is 4.98 Å². The first-order chi connectivity index (χ1) is 5.11. The summed E-state index contributed by atoms with van der Waals surface area (Å²) in [6, 6.07) is 1.92. The Kier molecular flexibility index (Phi) is 2.39. The lowest BCUT2D eigenvalue weighted by Gasteiger charge is -2.00. The molecule has 0 amide bonds. The van der Waals surface area contributed by atoms with Gasteiger partial charge in [-0.25, -0.2) is 0 Å². The molecule has 1 unspecified atom stereocenters. The molecule has 1 atom stereocenters. The highest BCUT2D eigenvalue weighted by molar-refractivity contribution is 7.84. The molecule has 0 aliphatic carbocycles. The second-order valence-corrected chi connectivity index (χ2v) is 3.91. The molecule has 0 aliphatic rings. The predicted molar refractivity (Wildman–Crippen MR) is 46.0 cm³/mol. The van der Waals surface area contributed by atoms with Crippen molar-refractivity contribution in [2.75, 3.05) is 6.26 Å². The Bertz CT molecular complexity index is 296. The van der Waals surface area contributed by atoms with E-state index < -0.39 is 10.8 Å². The SMILES string of the molecule is Cc1cc(S(C)=O)cnc1C. The van der Waals surface area contributed by atoms with E-state index in [1.165, 1.54) is 0 Å². The number of pyridine rings is 1. The molecule has 2 nitrogen and oxygen atoms in total. The van der Waals surface area contributed by atoms with Crippen LogP contribution in [0.15, 0.2) is 17.2 Å². The molecule has 1 aromatic heterocycles. The lowest BCUT2D eigenvalue weighted by molar-refractivity contribution is 0.686. The van der Waals surface area contributed by atoms with Gasteiger partial charge in [-0.2, -0.15) is 0 Å². The molecule has 0 saturated carbocycles. The number of hydrogen-bond donors (Lipinski definition) is 0. The standard InChI is InChI=1S/C8H11NOS/c1-6-4-8(11(3)10)5-9-7(6)2/h4-5H,1-3H3. The molecule has 1 rings (SSSR count). The van der Waals surface area contributed by atoms with E-state index in [2.05, 4.69) is 4.98 Å². The minimum Gasteiger partial charge on any atom is -0.260 e. The average molecular weight is 169 g/mol. The Morgan fingerprint density at radius 3 is 2.55 bits per heavy atom. The first-order valence-electron chi connectivity index (χ1n) is 3.38. The maximum Gasteiger partial charge on any atom is 0.0571 e. The fourth-order valence-corrected chi connectivity index (χ4v) is 1.32. The molecule has 3 heteroatoms. The maximum absolute atomic E-state index is 11.0. The minimum atomic E-state index is -0.910. The summed E-state index contributed by atoms with van der Waals surface area (Å²) in [5.74, 6) is 0. The van der Waals surface area contributed by atoms with E-state index in [4.69, 9.17) is 0 Å². The highest BCUT2D eigenvalue weighted by Crippen LogP contribution is 2.08. The molecular weight excluding hydrogens is 158 g/mol. The monoisotopic (exact) mass is 169 g/mol. The molecule has 0 N–H and O–H groups in total. The Hall–Kier alpha value is -0.700. The van der Waals surface area contributed by atoms with Gasteiger partial charge >= 0.3 is 0 Å². The zero-order chi connectivity index (χ0) is 8.43. The molecule has 1 heterocycles. The first kappa shape index (κ1) is 8.40. The Morgan fingerprint density at radius 1 is 1.45 bits per heavy atom. The van der Waals surface area contributed by atoms with Crippen LogP contribution in [0.4, 0.5) is 0 Å². The van der Waals surface area contributed by atoms with Crippen LogP contribution < -0.4 is 0 Å². The molecular formula is C8H11NOS. The zero-order valence-electron chi connectivity index (χ0n) is 6.92. The third-order valence-corrected chi connectivity index (χ3v) is 2.53. The molecule has 0 saturated heterocycles. The molecule has 0 aliphatic heterocycles. The van der Waals surface area contributed by atoms with Gasteiger partial charge in [0.15, 0.2) is 0 Å². The van der Waals surface area contributed by atoms with Gasteiger partial charge in [-0.3, -0.25) is 9.19 Å². The molecule has 0 bridgehead atoms. The third kappa shape index (κ3) is 1.87. The van der Waals surface area contributed by atoms with Gasteiger partial charge in [0, 0.05) is 18.1 Å². The van der Waals surface area contributed by atoms with Gasteiger partial charge in [0.1, 0.15) is 0 Å². The lowest BCUT2D eigenvalue weighted by Crippen LogP contribution is -1.92. The molecule has 1 aromatic rings. The van der Waals surface area contributed by atoms with Crippen molar-refractivity contribution in [3.05, 3.63) is 23.5 Å². The summed E-state index contributed by atoms with van der Waals surface area (Å²) in [6.45, 7) is 3.91. The molecule has 0 fully saturated rings. The van der Waals surface area contributed by atoms with Crippen LogP contribution in [0, 0.1) is 13.8 Å². The summed E-state index contributed by atoms with van der Waals surface area (Å²) < 4.78 is 11.0. The van der Waals surface area contributed by atoms with E-state index in [9.17, 15) is 4.21 Å². The average Bonchev–Trinajstić information content (AvgIpc) is 1.94. The van der Waals surface area contributed by atoms with Crippen molar-refractivity contribution in [2.24, 2.45) is 0 Å². The van der Waals surface area contributed by atoms with Crippen LogP contribution in [0.3, 0.4) is 0 Å². The van der Waals surface area contributed by atoms with Crippen molar-refractivity contribution in [3.8, 4) is 0 Å². The van der Waals surface area contributed by atoms with Crippen LogP contribution in [0.25, 0.3) is 0 Å². The number of nitrogens with zero attached hydrogens (tertiary/aromatic N) is 1. The van der Waals surface area contributed by atoms with Crippen molar-refractivity contribution in [3.63, 3.8) is 0 Å². The second kappa shape index (κ2) is 3.13. The quantitative estimate of drug-likeness (QED) is 0.636. The van der Waals surface area contributed by atoms with Gasteiger partial charge in [0.05, 0.1) is 15.7 Å². The number of rotatable bonds is 1. The topological polar surface area (TPSA) is 30.0 Å². The van der Waals surface area contributed by atoms with Gasteiger partial charge in [0.25, 0.3) is 0 Å². The van der Waals surface area contributed by atoms with Gasteiger partial charge in [-0.05, 0) is 25.5 Å². The molecule has 60 valence electrons. The number of hydrogen-bond acceptors (Lipinski definition) is 2. The van der Waals surface area contributed by atoms with E-state index in [0.29, 0.717) is 0 Å². The highest BCUT2D eigenvalue weighted by Gasteiger charge is 1.99. The van der Waals surface area contributed by atoms with Crippen molar-refractivity contribution < 1.29 is 4.21 Å². The van der Waals surface area contributed by atoms with Crippen LogP contribution in [0.5, 0.6) is 0 Å². The van der Waals surface area contributed by atoms with Crippen LogP contribution >= 0.6 is 0 Å². The summed E-state index contributed by atoms with van der Waals surface area (Å²) in [7, 11) is -0.910. The molecule has 11 heavy (non-hydrogen) atoms. The third-order valence-electron chi connectivity index (χ3n) is 1.65. The van der Waals surface area contributed by atoms with E-state index in [1.54, 1.807) is 12.5 Å². The van der Waals surface area contributed by atoms with E-state index in [0.717, 1.165) is 16.2 Å². The largest absolute Gasteiger partial charge is 0.260 e. The zero-order valence-corrected chi connectivity index (χ0v) is 7.73. The highest BCUT2D eigenvalue weighted by atomic mass is 32.2. The van der Waals surface area contributed by atoms with Crippen LogP contribution in [0.2, 0.25) is 0 Å². The predicted octanol–water partition coefficient (Wildman–Crippen LogP) is 1.44. The number of aryl methyl sites for hydroxylation is 2. The summed E-state index contributed by atoms with van der Waals surface area (Å²) in [6.07, 6.45) is 3.32. The fraction of sp³-hybridized carbons (Fsp3) is 0.375. The second-order valence-electron chi connectivity index (χ2n) is 2.53. The van der Waals surface area contributed by atoms with E-state index in [1.807, 2.05) is 19.9 Å². The minimum absolute atomic E-state index is 0.799. The summed E-state index contributed by atoms with van der Waals surface area (Å²) in [4.78, 5) is 4.91. The van der Waals surface area contributed by atoms with Gasteiger partial charge < -0.3 is 0 Å².